The molecule has 1 N–H and O–H groups in total. The Morgan fingerprint density at radius 3 is 2.94 bits per heavy atom. The van der Waals surface area contributed by atoms with Crippen molar-refractivity contribution < 1.29 is 14.6 Å². The first-order valence-electron chi connectivity index (χ1n) is 5.35. The van der Waals surface area contributed by atoms with Gasteiger partial charge in [0.1, 0.15) is 6.10 Å². The molecule has 1 aliphatic rings. The Morgan fingerprint density at radius 2 is 2.38 bits per heavy atom. The van der Waals surface area contributed by atoms with Crippen molar-refractivity contribution in [2.24, 2.45) is 5.92 Å². The molecule has 0 aromatic carbocycles. The van der Waals surface area contributed by atoms with Crippen molar-refractivity contribution in [1.29, 1.82) is 0 Å². The van der Waals surface area contributed by atoms with E-state index in [1.807, 2.05) is 7.05 Å². The molecule has 1 aliphatic heterocycles. The monoisotopic (exact) mass is 335 g/mol. The topological polar surface area (TPSA) is 49.8 Å². The van der Waals surface area contributed by atoms with Crippen molar-refractivity contribution in [1.82, 2.24) is 4.90 Å². The number of hydrogen-bond donors (Lipinski definition) is 1. The molecule has 0 bridgehead atoms. The fourth-order valence-electron chi connectivity index (χ4n) is 2.03. The van der Waals surface area contributed by atoms with Crippen molar-refractivity contribution in [2.45, 2.75) is 25.6 Å². The summed E-state index contributed by atoms with van der Waals surface area (Å²) in [5.41, 5.74) is 0. The maximum atomic E-state index is 11.0. The number of nitrogens with zero attached hydrogens (tertiary/aromatic N) is 1. The van der Waals surface area contributed by atoms with Gasteiger partial charge in [-0.25, -0.2) is 0 Å². The molecule has 16 heavy (non-hydrogen) atoms. The molecule has 1 saturated heterocycles. The van der Waals surface area contributed by atoms with E-state index in [4.69, 9.17) is 4.74 Å². The summed E-state index contributed by atoms with van der Waals surface area (Å²) >= 11 is 2.08. The van der Waals surface area contributed by atoms with Gasteiger partial charge in [0.05, 0.1) is 6.10 Å². The molecule has 0 aromatic heterocycles. The summed E-state index contributed by atoms with van der Waals surface area (Å²) in [6.45, 7) is 3.02. The highest BCUT2D eigenvalue weighted by molar-refractivity contribution is 14.1. The van der Waals surface area contributed by atoms with Gasteiger partial charge in [0.15, 0.2) is 0 Å². The summed E-state index contributed by atoms with van der Waals surface area (Å²) in [7, 11) is 1.99. The lowest BCUT2D eigenvalue weighted by atomic mass is 9.88. The van der Waals surface area contributed by atoms with Crippen molar-refractivity contribution in [3.05, 3.63) is 10.2 Å². The van der Waals surface area contributed by atoms with Crippen LogP contribution in [-0.4, -0.2) is 48.3 Å². The smallest absolute Gasteiger partial charge is 0.302 e. The van der Waals surface area contributed by atoms with Gasteiger partial charge in [0, 0.05) is 19.4 Å². The zero-order valence-corrected chi connectivity index (χ0v) is 11.8. The van der Waals surface area contributed by atoms with Crippen molar-refractivity contribution in [3.63, 3.8) is 0 Å². The number of piperidine rings is 1. The van der Waals surface area contributed by atoms with E-state index < -0.39 is 6.10 Å². The minimum absolute atomic E-state index is 0.00566. The molecule has 4 nitrogen and oxygen atoms in total. The lowest BCUT2D eigenvalue weighted by molar-refractivity contribution is -0.154. The minimum Gasteiger partial charge on any atom is -0.461 e. The van der Waals surface area contributed by atoms with Crippen LogP contribution in [0, 0.1) is 5.92 Å². The predicted molar refractivity (Wildman–Crippen MR) is 70.3 cm³/mol. The zero-order valence-electron chi connectivity index (χ0n) is 9.60. The second kappa shape index (κ2) is 6.56. The summed E-state index contributed by atoms with van der Waals surface area (Å²) in [6.07, 6.45) is 1.85. The molecule has 1 fully saturated rings. The molecule has 3 atom stereocenters. The lowest BCUT2D eigenvalue weighted by Crippen LogP contribution is -2.47. The molecule has 1 rings (SSSR count). The second-order valence-corrected chi connectivity index (χ2v) is 4.89. The molecule has 5 heteroatoms. The molecule has 1 heterocycles. The van der Waals surface area contributed by atoms with Crippen LogP contribution < -0.4 is 0 Å². The third-order valence-corrected chi connectivity index (χ3v) is 3.25. The number of likely N-dealkylation sites (N-methyl/N-ethyl adjacent to an activating group) is 1. The first kappa shape index (κ1) is 13.9. The highest BCUT2D eigenvalue weighted by Crippen LogP contribution is 2.24. The Morgan fingerprint density at radius 1 is 1.69 bits per heavy atom. The third-order valence-electron chi connectivity index (χ3n) is 2.84. The predicted octanol–water partition coefficient (Wildman–Crippen LogP) is 1.18. The fourth-order valence-corrected chi connectivity index (χ4v) is 2.46. The van der Waals surface area contributed by atoms with Crippen LogP contribution in [-0.2, 0) is 9.53 Å². The van der Waals surface area contributed by atoms with Crippen molar-refractivity contribution >= 4 is 28.6 Å². The molecular formula is C11H18INO3. The molecule has 0 radical (unpaired) electrons. The maximum absolute atomic E-state index is 11.0. The summed E-state index contributed by atoms with van der Waals surface area (Å²) in [5, 5.41) is 9.94. The molecule has 3 unspecified atom stereocenters. The number of likely N-dealkylation sites (tertiary alicyclic amines) is 1. The summed E-state index contributed by atoms with van der Waals surface area (Å²) < 4.78 is 7.06. The Labute approximate surface area is 110 Å². The van der Waals surface area contributed by atoms with Gasteiger partial charge in [-0.1, -0.05) is 22.6 Å². The minimum atomic E-state index is -0.532. The molecule has 0 spiro atoms. The fraction of sp³-hybridized carbons (Fsp3) is 0.727. The number of aliphatic hydroxyl groups is 1. The van der Waals surface area contributed by atoms with Crippen LogP contribution in [0.3, 0.4) is 0 Å². The van der Waals surface area contributed by atoms with Crippen LogP contribution in [0.2, 0.25) is 0 Å². The van der Waals surface area contributed by atoms with Crippen LogP contribution in [0.1, 0.15) is 13.3 Å². The van der Waals surface area contributed by atoms with E-state index in [2.05, 4.69) is 27.5 Å². The lowest BCUT2D eigenvalue weighted by Gasteiger charge is -2.37. The molecule has 0 aromatic rings. The average molecular weight is 335 g/mol. The number of ether oxygens (including phenoxy) is 1. The van der Waals surface area contributed by atoms with E-state index in [0.29, 0.717) is 6.54 Å². The number of rotatable bonds is 3. The summed E-state index contributed by atoms with van der Waals surface area (Å²) in [6, 6.07) is 0. The first-order chi connectivity index (χ1) is 7.54. The van der Waals surface area contributed by atoms with E-state index in [-0.39, 0.29) is 18.0 Å². The van der Waals surface area contributed by atoms with Crippen LogP contribution in [0.15, 0.2) is 10.2 Å². The van der Waals surface area contributed by atoms with E-state index in [0.717, 1.165) is 13.0 Å². The number of aliphatic hydroxyl groups excluding tert-OH is 1. The second-order valence-electron chi connectivity index (χ2n) is 4.17. The quantitative estimate of drug-likeness (QED) is 0.622. The van der Waals surface area contributed by atoms with Crippen molar-refractivity contribution in [3.8, 4) is 0 Å². The summed E-state index contributed by atoms with van der Waals surface area (Å²) in [4.78, 5) is 13.1. The first-order valence-corrected chi connectivity index (χ1v) is 6.60. The highest BCUT2D eigenvalue weighted by Gasteiger charge is 2.33. The number of halogens is 1. The van der Waals surface area contributed by atoms with Crippen molar-refractivity contribution in [2.75, 3.05) is 20.1 Å². The van der Waals surface area contributed by atoms with E-state index in [9.17, 15) is 9.90 Å². The molecular weight excluding hydrogens is 317 g/mol. The number of esters is 1. The van der Waals surface area contributed by atoms with Gasteiger partial charge in [-0.2, -0.15) is 0 Å². The number of carbonyl (C=O) groups is 1. The van der Waals surface area contributed by atoms with E-state index >= 15 is 0 Å². The van der Waals surface area contributed by atoms with E-state index in [1.165, 1.54) is 6.92 Å². The standard InChI is InChI=1S/C11H18INO3/c1-8(14)16-11-7-13(2)6-4-9(11)10(15)3-5-12/h3,5,9-11,15H,4,6-7H2,1-2H3/i12-4. The Bertz CT molecular complexity index is 270. The molecule has 0 aliphatic carbocycles. The third kappa shape index (κ3) is 4.03. The Kier molecular flexibility index (Phi) is 5.71. The normalized spacial score (nSPS) is 29.2. The van der Waals surface area contributed by atoms with Crippen LogP contribution >= 0.6 is 22.6 Å². The number of hydrogen-bond acceptors (Lipinski definition) is 4. The largest absolute Gasteiger partial charge is 0.461 e. The van der Waals surface area contributed by atoms with Gasteiger partial charge in [0.25, 0.3) is 0 Å². The van der Waals surface area contributed by atoms with Gasteiger partial charge in [-0.3, -0.25) is 4.79 Å². The van der Waals surface area contributed by atoms with Gasteiger partial charge in [0.2, 0.25) is 0 Å². The van der Waals surface area contributed by atoms with Crippen LogP contribution in [0.5, 0.6) is 0 Å². The Balaban J connectivity index is 2.67. The zero-order chi connectivity index (χ0) is 12.1. The van der Waals surface area contributed by atoms with Gasteiger partial charge in [-0.15, -0.1) is 0 Å². The van der Waals surface area contributed by atoms with Crippen LogP contribution in [0.4, 0.5) is 0 Å². The molecule has 92 valence electrons. The SMILES string of the molecule is CC(=O)OC1CN(C)CCC1C(O)C=C[123I]. The maximum Gasteiger partial charge on any atom is 0.302 e. The average Bonchev–Trinajstić information content (AvgIpc) is 2.16. The van der Waals surface area contributed by atoms with Gasteiger partial charge in [-0.05, 0) is 30.2 Å². The Hall–Kier alpha value is -0.140. The number of carbonyl (C=O) groups excluding carboxylic acids is 1. The summed E-state index contributed by atoms with van der Waals surface area (Å²) in [5.74, 6) is -0.276. The van der Waals surface area contributed by atoms with Crippen LogP contribution in [0.25, 0.3) is 0 Å². The van der Waals surface area contributed by atoms with Gasteiger partial charge >= 0.3 is 5.97 Å². The molecule has 0 saturated carbocycles. The highest BCUT2D eigenvalue weighted by atomic mass is 123. The van der Waals surface area contributed by atoms with Gasteiger partial charge < -0.3 is 14.7 Å². The van der Waals surface area contributed by atoms with E-state index in [1.54, 1.807) is 10.2 Å². The molecule has 0 amide bonds.